The van der Waals surface area contributed by atoms with Crippen molar-refractivity contribution in [1.29, 1.82) is 0 Å². The molecular weight excluding hydrogens is 220 g/mol. The van der Waals surface area contributed by atoms with Gasteiger partial charge in [-0.15, -0.1) is 0 Å². The number of carbonyl (C=O) groups excluding carboxylic acids is 1. The third-order valence-electron chi connectivity index (χ3n) is 3.11. The Labute approximate surface area is 98.9 Å². The third-order valence-corrected chi connectivity index (χ3v) is 3.11. The summed E-state index contributed by atoms with van der Waals surface area (Å²) < 4.78 is 0. The summed E-state index contributed by atoms with van der Waals surface area (Å²) in [6.07, 6.45) is 4.91. The summed E-state index contributed by atoms with van der Waals surface area (Å²) in [6, 6.07) is 1.69. The van der Waals surface area contributed by atoms with E-state index in [-0.39, 0.29) is 5.91 Å². The second kappa shape index (κ2) is 4.16. The minimum Gasteiger partial charge on any atom is -0.480 e. The number of aryl methyl sites for hydroxylation is 1. The lowest BCUT2D eigenvalue weighted by atomic mass is 9.76. The molecule has 1 fully saturated rings. The van der Waals surface area contributed by atoms with Gasteiger partial charge in [-0.05, 0) is 37.8 Å². The van der Waals surface area contributed by atoms with Crippen molar-refractivity contribution < 1.29 is 14.7 Å². The predicted octanol–water partition coefficient (Wildman–Crippen LogP) is 1.13. The molecule has 2 rings (SSSR count). The first-order valence-electron chi connectivity index (χ1n) is 5.51. The van der Waals surface area contributed by atoms with Gasteiger partial charge in [0.25, 0.3) is 5.91 Å². The number of pyridine rings is 1. The number of hydrogen-bond donors (Lipinski definition) is 2. The molecule has 0 radical (unpaired) electrons. The zero-order valence-electron chi connectivity index (χ0n) is 9.56. The van der Waals surface area contributed by atoms with Crippen LogP contribution in [0.25, 0.3) is 0 Å². The van der Waals surface area contributed by atoms with Crippen molar-refractivity contribution in [3.05, 3.63) is 29.6 Å². The fourth-order valence-electron chi connectivity index (χ4n) is 1.89. The summed E-state index contributed by atoms with van der Waals surface area (Å²) in [5, 5.41) is 11.7. The van der Waals surface area contributed by atoms with Crippen LogP contribution in [0.4, 0.5) is 0 Å². The molecule has 0 spiro atoms. The van der Waals surface area contributed by atoms with Crippen molar-refractivity contribution in [3.63, 3.8) is 0 Å². The maximum Gasteiger partial charge on any atom is 0.329 e. The van der Waals surface area contributed by atoms with Crippen LogP contribution in [0.5, 0.6) is 0 Å². The topological polar surface area (TPSA) is 79.3 Å². The second-order valence-electron chi connectivity index (χ2n) is 4.45. The van der Waals surface area contributed by atoms with E-state index in [9.17, 15) is 9.59 Å². The molecule has 1 aromatic rings. The third kappa shape index (κ3) is 2.13. The molecule has 1 amide bonds. The number of aliphatic carboxylic acids is 1. The largest absolute Gasteiger partial charge is 0.480 e. The lowest BCUT2D eigenvalue weighted by Gasteiger charge is -2.38. The summed E-state index contributed by atoms with van der Waals surface area (Å²) in [5.74, 6) is -1.33. The first kappa shape index (κ1) is 11.6. The molecule has 1 aliphatic rings. The van der Waals surface area contributed by atoms with Crippen LogP contribution in [-0.2, 0) is 4.79 Å². The molecule has 0 aliphatic heterocycles. The Bertz CT molecular complexity index is 467. The minimum atomic E-state index is -1.07. The molecule has 5 nitrogen and oxygen atoms in total. The van der Waals surface area contributed by atoms with E-state index >= 15 is 0 Å². The molecule has 0 saturated heterocycles. The average Bonchev–Trinajstić information content (AvgIpc) is 2.22. The van der Waals surface area contributed by atoms with Crippen molar-refractivity contribution in [2.24, 2.45) is 0 Å². The number of nitrogens with zero attached hydrogens (tertiary/aromatic N) is 1. The lowest BCUT2D eigenvalue weighted by Crippen LogP contribution is -2.59. The van der Waals surface area contributed by atoms with Gasteiger partial charge in [0, 0.05) is 12.4 Å². The van der Waals surface area contributed by atoms with Gasteiger partial charge in [-0.1, -0.05) is 0 Å². The van der Waals surface area contributed by atoms with E-state index in [1.807, 2.05) is 6.92 Å². The SMILES string of the molecule is Cc1cncc(C(=O)NC2(C(=O)O)CCC2)c1. The molecular formula is C12H14N2O3. The summed E-state index contributed by atoms with van der Waals surface area (Å²) in [5.41, 5.74) is 0.203. The van der Waals surface area contributed by atoms with Gasteiger partial charge in [0.05, 0.1) is 5.56 Å². The highest BCUT2D eigenvalue weighted by molar-refractivity contribution is 5.98. The van der Waals surface area contributed by atoms with Gasteiger partial charge in [0.2, 0.25) is 0 Å². The number of nitrogens with one attached hydrogen (secondary N) is 1. The van der Waals surface area contributed by atoms with Crippen LogP contribution >= 0.6 is 0 Å². The highest BCUT2D eigenvalue weighted by atomic mass is 16.4. The van der Waals surface area contributed by atoms with Crippen molar-refractivity contribution >= 4 is 11.9 Å². The van der Waals surface area contributed by atoms with E-state index in [0.717, 1.165) is 12.0 Å². The smallest absolute Gasteiger partial charge is 0.329 e. The molecule has 1 aliphatic carbocycles. The Hall–Kier alpha value is -1.91. The number of carbonyl (C=O) groups is 2. The van der Waals surface area contributed by atoms with Gasteiger partial charge < -0.3 is 10.4 Å². The van der Waals surface area contributed by atoms with E-state index in [0.29, 0.717) is 18.4 Å². The minimum absolute atomic E-state index is 0.372. The number of amides is 1. The monoisotopic (exact) mass is 234 g/mol. The zero-order chi connectivity index (χ0) is 12.5. The molecule has 0 atom stereocenters. The number of carboxylic acids is 1. The quantitative estimate of drug-likeness (QED) is 0.821. The van der Waals surface area contributed by atoms with E-state index in [1.165, 1.54) is 6.20 Å². The lowest BCUT2D eigenvalue weighted by molar-refractivity contribution is -0.148. The number of hydrogen-bond acceptors (Lipinski definition) is 3. The van der Waals surface area contributed by atoms with Crippen molar-refractivity contribution in [2.75, 3.05) is 0 Å². The molecule has 1 saturated carbocycles. The summed E-state index contributed by atoms with van der Waals surface area (Å²) in [6.45, 7) is 1.83. The van der Waals surface area contributed by atoms with Crippen LogP contribution in [0, 0.1) is 6.92 Å². The highest BCUT2D eigenvalue weighted by Gasteiger charge is 2.45. The van der Waals surface area contributed by atoms with Gasteiger partial charge >= 0.3 is 5.97 Å². The average molecular weight is 234 g/mol. The first-order valence-corrected chi connectivity index (χ1v) is 5.51. The van der Waals surface area contributed by atoms with E-state index in [2.05, 4.69) is 10.3 Å². The zero-order valence-corrected chi connectivity index (χ0v) is 9.56. The molecule has 1 aromatic heterocycles. The molecule has 90 valence electrons. The van der Waals surface area contributed by atoms with Gasteiger partial charge in [-0.3, -0.25) is 9.78 Å². The molecule has 2 N–H and O–H groups in total. The van der Waals surface area contributed by atoms with Crippen LogP contribution in [-0.4, -0.2) is 27.5 Å². The van der Waals surface area contributed by atoms with Gasteiger partial charge in [-0.25, -0.2) is 4.79 Å². The second-order valence-corrected chi connectivity index (χ2v) is 4.45. The van der Waals surface area contributed by atoms with Crippen LogP contribution in [0.15, 0.2) is 18.5 Å². The summed E-state index contributed by atoms with van der Waals surface area (Å²) in [4.78, 5) is 26.9. The van der Waals surface area contributed by atoms with E-state index in [1.54, 1.807) is 12.3 Å². The molecule has 1 heterocycles. The standard InChI is InChI=1S/C12H14N2O3/c1-8-5-9(7-13-6-8)10(15)14-12(11(16)17)3-2-4-12/h5-7H,2-4H2,1H3,(H,14,15)(H,16,17). The maximum absolute atomic E-state index is 11.9. The Kier molecular flexibility index (Phi) is 2.83. The van der Waals surface area contributed by atoms with Crippen LogP contribution in [0.1, 0.15) is 35.2 Å². The van der Waals surface area contributed by atoms with Gasteiger partial charge in [0.15, 0.2) is 0 Å². The van der Waals surface area contributed by atoms with Gasteiger partial charge in [0.1, 0.15) is 5.54 Å². The molecule has 0 bridgehead atoms. The fraction of sp³-hybridized carbons (Fsp3) is 0.417. The summed E-state index contributed by atoms with van der Waals surface area (Å²) >= 11 is 0. The molecule has 0 unspecified atom stereocenters. The van der Waals surface area contributed by atoms with Crippen molar-refractivity contribution in [2.45, 2.75) is 31.7 Å². The number of aromatic nitrogens is 1. The molecule has 17 heavy (non-hydrogen) atoms. The predicted molar refractivity (Wildman–Crippen MR) is 60.7 cm³/mol. The van der Waals surface area contributed by atoms with Crippen molar-refractivity contribution in [3.8, 4) is 0 Å². The number of carboxylic acid groups (broad SMARTS) is 1. The van der Waals surface area contributed by atoms with Crippen LogP contribution < -0.4 is 5.32 Å². The van der Waals surface area contributed by atoms with E-state index in [4.69, 9.17) is 5.11 Å². The Balaban J connectivity index is 2.14. The Morgan fingerprint density at radius 1 is 1.41 bits per heavy atom. The van der Waals surface area contributed by atoms with Crippen LogP contribution in [0.2, 0.25) is 0 Å². The highest BCUT2D eigenvalue weighted by Crippen LogP contribution is 2.32. The Morgan fingerprint density at radius 2 is 2.12 bits per heavy atom. The normalized spacial score (nSPS) is 17.0. The van der Waals surface area contributed by atoms with E-state index < -0.39 is 11.5 Å². The van der Waals surface area contributed by atoms with Gasteiger partial charge in [-0.2, -0.15) is 0 Å². The fourth-order valence-corrected chi connectivity index (χ4v) is 1.89. The molecule has 0 aromatic carbocycles. The number of rotatable bonds is 3. The van der Waals surface area contributed by atoms with Crippen LogP contribution in [0.3, 0.4) is 0 Å². The Morgan fingerprint density at radius 3 is 2.59 bits per heavy atom. The maximum atomic E-state index is 11.9. The molecule has 5 heteroatoms. The first-order chi connectivity index (χ1) is 8.03. The summed E-state index contributed by atoms with van der Waals surface area (Å²) in [7, 11) is 0. The van der Waals surface area contributed by atoms with Crippen molar-refractivity contribution in [1.82, 2.24) is 10.3 Å².